The maximum atomic E-state index is 12.7. The molecule has 0 aliphatic heterocycles. The van der Waals surface area contributed by atoms with Gasteiger partial charge < -0.3 is 9.74 Å². The summed E-state index contributed by atoms with van der Waals surface area (Å²) in [5.41, 5.74) is 2.12. The van der Waals surface area contributed by atoms with Crippen molar-refractivity contribution < 1.29 is 14.1 Å². The molecule has 0 bridgehead atoms. The van der Waals surface area contributed by atoms with Gasteiger partial charge in [0.25, 0.3) is 19.9 Å². The summed E-state index contributed by atoms with van der Waals surface area (Å²) in [7, 11) is -2.18. The molecule has 2 aromatic rings. The van der Waals surface area contributed by atoms with E-state index in [1.165, 1.54) is 24.3 Å². The molecule has 0 saturated heterocycles. The molecule has 0 atom stereocenters. The Balaban J connectivity index is 2.32. The molecular weight excluding hydrogens is 384 g/mol. The van der Waals surface area contributed by atoms with E-state index in [0.29, 0.717) is 33.6 Å². The van der Waals surface area contributed by atoms with Gasteiger partial charge in [0.1, 0.15) is 5.75 Å². The van der Waals surface area contributed by atoms with Crippen molar-refractivity contribution in [3.8, 4) is 5.75 Å². The van der Waals surface area contributed by atoms with Gasteiger partial charge in [-0.3, -0.25) is 14.9 Å². The normalized spacial score (nSPS) is 11.8. The predicted octanol–water partition coefficient (Wildman–Crippen LogP) is 6.40. The highest BCUT2D eigenvalue weighted by atomic mass is 28.4. The molecule has 1 N–H and O–H groups in total. The van der Waals surface area contributed by atoms with Gasteiger partial charge in [-0.2, -0.15) is 0 Å². The maximum Gasteiger partial charge on any atom is 0.269 e. The van der Waals surface area contributed by atoms with Crippen molar-refractivity contribution >= 4 is 25.6 Å². The van der Waals surface area contributed by atoms with Crippen molar-refractivity contribution in [1.82, 2.24) is 0 Å². The SMILES string of the molecule is CC(C)[Si](Oc1ccccc1NC(=O)c1ccc([N+](=O)[O-])cc1)(C(C)C)C(C)C. The third-order valence-electron chi connectivity index (χ3n) is 5.47. The fraction of sp³-hybridized carbons (Fsp3) is 0.409. The van der Waals surface area contributed by atoms with Crippen molar-refractivity contribution in [3.05, 3.63) is 64.2 Å². The first-order chi connectivity index (χ1) is 13.6. The van der Waals surface area contributed by atoms with E-state index in [1.807, 2.05) is 24.3 Å². The Morgan fingerprint density at radius 3 is 1.93 bits per heavy atom. The van der Waals surface area contributed by atoms with Gasteiger partial charge in [-0.05, 0) is 40.9 Å². The molecule has 0 aliphatic rings. The van der Waals surface area contributed by atoms with Gasteiger partial charge in [-0.25, -0.2) is 0 Å². The number of amides is 1. The molecule has 0 radical (unpaired) electrons. The monoisotopic (exact) mass is 414 g/mol. The fourth-order valence-electron chi connectivity index (χ4n) is 4.13. The number of rotatable bonds is 8. The summed E-state index contributed by atoms with van der Waals surface area (Å²) < 4.78 is 6.74. The minimum Gasteiger partial charge on any atom is -0.541 e. The van der Waals surface area contributed by atoms with Crippen LogP contribution in [0.15, 0.2) is 48.5 Å². The van der Waals surface area contributed by atoms with Crippen LogP contribution in [0.4, 0.5) is 11.4 Å². The van der Waals surface area contributed by atoms with Crippen molar-refractivity contribution in [2.24, 2.45) is 0 Å². The lowest BCUT2D eigenvalue weighted by Crippen LogP contribution is -2.50. The fourth-order valence-corrected chi connectivity index (χ4v) is 9.40. The molecule has 6 nitrogen and oxygen atoms in total. The zero-order valence-corrected chi connectivity index (χ0v) is 18.9. The van der Waals surface area contributed by atoms with E-state index in [0.717, 1.165) is 0 Å². The van der Waals surface area contributed by atoms with Gasteiger partial charge in [-0.15, -0.1) is 0 Å². The number of para-hydroxylation sites is 2. The molecular formula is C22H30N2O4Si. The van der Waals surface area contributed by atoms with Crippen LogP contribution in [0.5, 0.6) is 5.75 Å². The standard InChI is InChI=1S/C22H30N2O4Si/c1-15(2)29(16(3)4,17(5)6)28-21-10-8-7-9-20(21)23-22(25)18-11-13-19(14-12-18)24(26)27/h7-17H,1-6H3,(H,23,25). The highest BCUT2D eigenvalue weighted by Crippen LogP contribution is 2.44. The van der Waals surface area contributed by atoms with E-state index in [2.05, 4.69) is 46.9 Å². The zero-order chi connectivity index (χ0) is 21.8. The number of benzene rings is 2. The zero-order valence-electron chi connectivity index (χ0n) is 17.9. The second kappa shape index (κ2) is 9.22. The van der Waals surface area contributed by atoms with E-state index < -0.39 is 13.2 Å². The number of non-ortho nitro benzene ring substituents is 1. The molecule has 0 spiro atoms. The van der Waals surface area contributed by atoms with E-state index in [4.69, 9.17) is 4.43 Å². The number of nitrogens with one attached hydrogen (secondary N) is 1. The first-order valence-corrected chi connectivity index (χ1v) is 12.1. The van der Waals surface area contributed by atoms with Gasteiger partial charge in [0, 0.05) is 17.7 Å². The Kier molecular flexibility index (Phi) is 7.19. The first kappa shape index (κ1) is 22.6. The molecule has 2 rings (SSSR count). The molecule has 29 heavy (non-hydrogen) atoms. The van der Waals surface area contributed by atoms with Gasteiger partial charge in [0.2, 0.25) is 0 Å². The number of carbonyl (C=O) groups excluding carboxylic acids is 1. The number of anilines is 1. The van der Waals surface area contributed by atoms with Crippen LogP contribution in [0.3, 0.4) is 0 Å². The minimum absolute atomic E-state index is 0.0492. The van der Waals surface area contributed by atoms with Crippen LogP contribution in [0, 0.1) is 10.1 Å². The van der Waals surface area contributed by atoms with Crippen molar-refractivity contribution in [2.75, 3.05) is 5.32 Å². The lowest BCUT2D eigenvalue weighted by atomic mass is 10.2. The Bertz CT molecular complexity index is 842. The Morgan fingerprint density at radius 2 is 1.45 bits per heavy atom. The summed E-state index contributed by atoms with van der Waals surface area (Å²) in [5, 5.41) is 13.7. The first-order valence-electron chi connectivity index (χ1n) is 9.93. The van der Waals surface area contributed by atoms with Crippen LogP contribution in [-0.4, -0.2) is 19.1 Å². The molecule has 2 aromatic carbocycles. The second-order valence-corrected chi connectivity index (χ2v) is 13.5. The summed E-state index contributed by atoms with van der Waals surface area (Å²) in [6.07, 6.45) is 0. The summed E-state index contributed by atoms with van der Waals surface area (Å²) in [6.45, 7) is 13.3. The summed E-state index contributed by atoms with van der Waals surface area (Å²) >= 11 is 0. The highest BCUT2D eigenvalue weighted by Gasteiger charge is 2.47. The second-order valence-electron chi connectivity index (χ2n) is 8.17. The quantitative estimate of drug-likeness (QED) is 0.308. The van der Waals surface area contributed by atoms with Gasteiger partial charge >= 0.3 is 0 Å². The average Bonchev–Trinajstić information content (AvgIpc) is 2.66. The number of hydrogen-bond acceptors (Lipinski definition) is 4. The van der Waals surface area contributed by atoms with E-state index in [-0.39, 0.29) is 11.6 Å². The summed E-state index contributed by atoms with van der Waals surface area (Å²) in [5.74, 6) is 0.340. The summed E-state index contributed by atoms with van der Waals surface area (Å²) in [4.78, 5) is 23.0. The number of nitro benzene ring substituents is 1. The smallest absolute Gasteiger partial charge is 0.269 e. The molecule has 0 aliphatic carbocycles. The lowest BCUT2D eigenvalue weighted by molar-refractivity contribution is -0.384. The molecule has 0 heterocycles. The lowest BCUT2D eigenvalue weighted by Gasteiger charge is -2.42. The third-order valence-corrected chi connectivity index (χ3v) is 11.5. The Hall–Kier alpha value is -2.67. The number of nitrogens with zero attached hydrogens (tertiary/aromatic N) is 1. The van der Waals surface area contributed by atoms with E-state index in [1.54, 1.807) is 0 Å². The molecule has 0 unspecified atom stereocenters. The van der Waals surface area contributed by atoms with Crippen LogP contribution >= 0.6 is 0 Å². The molecule has 0 fully saturated rings. The van der Waals surface area contributed by atoms with Crippen LogP contribution in [-0.2, 0) is 0 Å². The maximum absolute atomic E-state index is 12.7. The van der Waals surface area contributed by atoms with E-state index in [9.17, 15) is 14.9 Å². The van der Waals surface area contributed by atoms with Crippen LogP contribution in [0.2, 0.25) is 16.6 Å². The van der Waals surface area contributed by atoms with Gasteiger partial charge in [-0.1, -0.05) is 53.7 Å². The van der Waals surface area contributed by atoms with Gasteiger partial charge in [0.15, 0.2) is 0 Å². The minimum atomic E-state index is -2.18. The van der Waals surface area contributed by atoms with Crippen molar-refractivity contribution in [2.45, 2.75) is 58.2 Å². The average molecular weight is 415 g/mol. The molecule has 0 saturated carbocycles. The molecule has 0 aromatic heterocycles. The van der Waals surface area contributed by atoms with Crippen LogP contribution in [0.1, 0.15) is 51.9 Å². The molecule has 7 heteroatoms. The van der Waals surface area contributed by atoms with E-state index >= 15 is 0 Å². The predicted molar refractivity (Wildman–Crippen MR) is 119 cm³/mol. The van der Waals surface area contributed by atoms with Crippen molar-refractivity contribution in [1.29, 1.82) is 0 Å². The Labute approximate surface area is 173 Å². The molecule has 1 amide bonds. The van der Waals surface area contributed by atoms with Crippen molar-refractivity contribution in [3.63, 3.8) is 0 Å². The van der Waals surface area contributed by atoms with Crippen LogP contribution in [0.25, 0.3) is 0 Å². The number of nitro groups is 1. The largest absolute Gasteiger partial charge is 0.541 e. The third kappa shape index (κ3) is 4.85. The highest BCUT2D eigenvalue weighted by molar-refractivity contribution is 6.78. The molecule has 156 valence electrons. The van der Waals surface area contributed by atoms with Crippen LogP contribution < -0.4 is 9.74 Å². The van der Waals surface area contributed by atoms with Gasteiger partial charge in [0.05, 0.1) is 10.6 Å². The summed E-state index contributed by atoms with van der Waals surface area (Å²) in [6, 6.07) is 13.0. The number of hydrogen-bond donors (Lipinski definition) is 1. The number of carbonyl (C=O) groups is 1. The Morgan fingerprint density at radius 1 is 0.931 bits per heavy atom. The topological polar surface area (TPSA) is 81.5 Å².